The van der Waals surface area contributed by atoms with Gasteiger partial charge in [-0.15, -0.1) is 11.3 Å². The molecule has 0 fully saturated rings. The number of ether oxygens (including phenoxy) is 1. The number of thiophene rings is 1. The molecule has 2 aromatic heterocycles. The van der Waals surface area contributed by atoms with Crippen LogP contribution in [0.2, 0.25) is 0 Å². The molecule has 2 rings (SSSR count). The zero-order valence-corrected chi connectivity index (χ0v) is 10.1. The number of hydrogen-bond acceptors (Lipinski definition) is 6. The van der Waals surface area contributed by atoms with Gasteiger partial charge in [0.25, 0.3) is 0 Å². The van der Waals surface area contributed by atoms with E-state index in [1.165, 1.54) is 11.2 Å². The Balaban J connectivity index is 1.91. The van der Waals surface area contributed by atoms with Crippen molar-refractivity contribution in [1.29, 1.82) is 0 Å². The lowest BCUT2D eigenvalue weighted by Crippen LogP contribution is -2.11. The summed E-state index contributed by atoms with van der Waals surface area (Å²) in [4.78, 5) is 9.37. The molecule has 3 N–H and O–H groups in total. The summed E-state index contributed by atoms with van der Waals surface area (Å²) in [5, 5.41) is 5.26. The van der Waals surface area contributed by atoms with Gasteiger partial charge < -0.3 is 15.8 Å². The predicted molar refractivity (Wildman–Crippen MR) is 68.2 cm³/mol. The van der Waals surface area contributed by atoms with Crippen LogP contribution in [0, 0.1) is 0 Å². The van der Waals surface area contributed by atoms with Gasteiger partial charge in [-0.25, -0.2) is 9.97 Å². The smallest absolute Gasteiger partial charge is 0.218 e. The van der Waals surface area contributed by atoms with Crippen molar-refractivity contribution in [2.75, 3.05) is 18.5 Å². The van der Waals surface area contributed by atoms with Crippen LogP contribution in [0.4, 0.5) is 5.82 Å². The number of rotatable bonds is 6. The highest BCUT2D eigenvalue weighted by Gasteiger charge is 2.00. The van der Waals surface area contributed by atoms with Crippen LogP contribution in [0.15, 0.2) is 29.9 Å². The first-order valence-corrected chi connectivity index (χ1v) is 6.17. The Labute approximate surface area is 104 Å². The normalized spacial score (nSPS) is 10.2. The molecule has 2 aromatic rings. The van der Waals surface area contributed by atoms with Gasteiger partial charge in [0.1, 0.15) is 18.8 Å². The lowest BCUT2D eigenvalue weighted by molar-refractivity contribution is 0.315. The van der Waals surface area contributed by atoms with Gasteiger partial charge in [0, 0.05) is 17.5 Å². The molecule has 0 aromatic carbocycles. The minimum atomic E-state index is 0.460. The summed E-state index contributed by atoms with van der Waals surface area (Å²) in [6.45, 7) is 1.69. The second-order valence-electron chi connectivity index (χ2n) is 3.31. The molecule has 0 aliphatic carbocycles. The van der Waals surface area contributed by atoms with Crippen LogP contribution < -0.4 is 15.8 Å². The Morgan fingerprint density at radius 3 is 3.12 bits per heavy atom. The monoisotopic (exact) mass is 250 g/mol. The minimum absolute atomic E-state index is 0.460. The van der Waals surface area contributed by atoms with Crippen molar-refractivity contribution < 1.29 is 4.74 Å². The van der Waals surface area contributed by atoms with Crippen molar-refractivity contribution in [2.24, 2.45) is 5.73 Å². The average Bonchev–Trinajstić information content (AvgIpc) is 2.87. The molecule has 2 heterocycles. The molecule has 0 amide bonds. The number of nitrogens with two attached hydrogens (primary N) is 1. The van der Waals surface area contributed by atoms with Crippen LogP contribution in [-0.2, 0) is 6.54 Å². The fourth-order valence-electron chi connectivity index (χ4n) is 1.27. The van der Waals surface area contributed by atoms with Gasteiger partial charge in [0.15, 0.2) is 0 Å². The SMILES string of the molecule is NCCOc1cc(NCc2cccs2)ncn1. The standard InChI is InChI=1S/C11H14N4OS/c12-3-4-16-11-6-10(14-8-15-11)13-7-9-2-1-5-17-9/h1-2,5-6,8H,3-4,7,12H2,(H,13,14,15). The summed E-state index contributed by atoms with van der Waals surface area (Å²) < 4.78 is 5.32. The summed E-state index contributed by atoms with van der Waals surface area (Å²) in [6, 6.07) is 5.87. The Morgan fingerprint density at radius 2 is 2.35 bits per heavy atom. The van der Waals surface area contributed by atoms with E-state index in [0.717, 1.165) is 12.4 Å². The molecule has 0 aliphatic heterocycles. The van der Waals surface area contributed by atoms with E-state index in [1.807, 2.05) is 11.4 Å². The summed E-state index contributed by atoms with van der Waals surface area (Å²) in [5.74, 6) is 1.29. The van der Waals surface area contributed by atoms with Crippen LogP contribution in [0.5, 0.6) is 5.88 Å². The highest BCUT2D eigenvalue weighted by molar-refractivity contribution is 7.09. The lowest BCUT2D eigenvalue weighted by atomic mass is 10.4. The highest BCUT2D eigenvalue weighted by atomic mass is 32.1. The van der Waals surface area contributed by atoms with Crippen LogP contribution in [0.25, 0.3) is 0 Å². The van der Waals surface area contributed by atoms with Crippen molar-refractivity contribution in [3.63, 3.8) is 0 Å². The number of nitrogens with one attached hydrogen (secondary N) is 1. The molecule has 6 heteroatoms. The fraction of sp³-hybridized carbons (Fsp3) is 0.273. The van der Waals surface area contributed by atoms with Gasteiger partial charge in [0.2, 0.25) is 5.88 Å². The minimum Gasteiger partial charge on any atom is -0.476 e. The van der Waals surface area contributed by atoms with Crippen molar-refractivity contribution in [1.82, 2.24) is 9.97 Å². The summed E-state index contributed by atoms with van der Waals surface area (Å²) in [7, 11) is 0. The van der Waals surface area contributed by atoms with E-state index in [2.05, 4.69) is 21.4 Å². The third kappa shape index (κ3) is 3.69. The van der Waals surface area contributed by atoms with Crippen molar-refractivity contribution in [3.05, 3.63) is 34.8 Å². The molecular weight excluding hydrogens is 236 g/mol. The molecule has 0 bridgehead atoms. The van der Waals surface area contributed by atoms with Crippen molar-refractivity contribution >= 4 is 17.2 Å². The molecule has 0 atom stereocenters. The maximum atomic E-state index is 5.35. The van der Waals surface area contributed by atoms with Gasteiger partial charge in [-0.05, 0) is 11.4 Å². The number of hydrogen-bond donors (Lipinski definition) is 2. The van der Waals surface area contributed by atoms with Gasteiger partial charge in [-0.3, -0.25) is 0 Å². The topological polar surface area (TPSA) is 73.1 Å². The quantitative estimate of drug-likeness (QED) is 0.812. The molecule has 0 unspecified atom stereocenters. The molecule has 5 nitrogen and oxygen atoms in total. The number of anilines is 1. The van der Waals surface area contributed by atoms with E-state index < -0.39 is 0 Å². The van der Waals surface area contributed by atoms with Crippen molar-refractivity contribution in [2.45, 2.75) is 6.54 Å². The summed E-state index contributed by atoms with van der Waals surface area (Å²) in [5.41, 5.74) is 5.35. The van der Waals surface area contributed by atoms with E-state index in [1.54, 1.807) is 17.4 Å². The molecule has 0 aliphatic rings. The van der Waals surface area contributed by atoms with E-state index in [4.69, 9.17) is 10.5 Å². The van der Waals surface area contributed by atoms with E-state index in [0.29, 0.717) is 19.0 Å². The predicted octanol–water partition coefficient (Wildman–Crippen LogP) is 1.49. The van der Waals surface area contributed by atoms with Gasteiger partial charge in [0.05, 0.1) is 6.54 Å². The highest BCUT2D eigenvalue weighted by Crippen LogP contribution is 2.14. The zero-order valence-electron chi connectivity index (χ0n) is 9.30. The van der Waals surface area contributed by atoms with Gasteiger partial charge >= 0.3 is 0 Å². The number of nitrogens with zero attached hydrogens (tertiary/aromatic N) is 2. The first-order chi connectivity index (χ1) is 8.38. The largest absolute Gasteiger partial charge is 0.476 e. The molecule has 0 saturated heterocycles. The molecule has 0 radical (unpaired) electrons. The van der Waals surface area contributed by atoms with Gasteiger partial charge in [-0.2, -0.15) is 0 Å². The summed E-state index contributed by atoms with van der Waals surface area (Å²) in [6.07, 6.45) is 1.47. The molecule has 0 saturated carbocycles. The maximum Gasteiger partial charge on any atom is 0.218 e. The Kier molecular flexibility index (Phi) is 4.29. The molecule has 0 spiro atoms. The third-order valence-corrected chi connectivity index (χ3v) is 2.91. The van der Waals surface area contributed by atoms with Crippen molar-refractivity contribution in [3.8, 4) is 5.88 Å². The summed E-state index contributed by atoms with van der Waals surface area (Å²) >= 11 is 1.71. The first-order valence-electron chi connectivity index (χ1n) is 5.29. The Morgan fingerprint density at radius 1 is 1.41 bits per heavy atom. The molecular formula is C11H14N4OS. The molecule has 17 heavy (non-hydrogen) atoms. The van der Waals surface area contributed by atoms with E-state index in [-0.39, 0.29) is 0 Å². The maximum absolute atomic E-state index is 5.35. The van der Waals surface area contributed by atoms with Crippen LogP contribution >= 0.6 is 11.3 Å². The average molecular weight is 250 g/mol. The fourth-order valence-corrected chi connectivity index (χ4v) is 1.91. The van der Waals surface area contributed by atoms with E-state index >= 15 is 0 Å². The third-order valence-electron chi connectivity index (χ3n) is 2.03. The second-order valence-corrected chi connectivity index (χ2v) is 4.34. The van der Waals surface area contributed by atoms with E-state index in [9.17, 15) is 0 Å². The first kappa shape index (κ1) is 11.8. The Bertz CT molecular complexity index is 446. The van der Waals surface area contributed by atoms with Crippen LogP contribution in [-0.4, -0.2) is 23.1 Å². The number of aromatic nitrogens is 2. The zero-order chi connectivity index (χ0) is 11.9. The van der Waals surface area contributed by atoms with Crippen LogP contribution in [0.3, 0.4) is 0 Å². The molecule has 90 valence electrons. The van der Waals surface area contributed by atoms with Gasteiger partial charge in [-0.1, -0.05) is 6.07 Å². The van der Waals surface area contributed by atoms with Crippen LogP contribution in [0.1, 0.15) is 4.88 Å². The lowest BCUT2D eigenvalue weighted by Gasteiger charge is -2.06. The second kappa shape index (κ2) is 6.17. The Hall–Kier alpha value is -1.66.